The second kappa shape index (κ2) is 7.37. The molecule has 120 valence electrons. The second-order valence-electron chi connectivity index (χ2n) is 4.91. The Hall–Kier alpha value is -2.51. The number of thiocarbonyl (C=S) groups is 1. The molecular weight excluding hydrogens is 388 g/mol. The summed E-state index contributed by atoms with van der Waals surface area (Å²) in [7, 11) is 0. The van der Waals surface area contributed by atoms with Gasteiger partial charge in [0.05, 0.1) is 17.4 Å². The monoisotopic (exact) mass is 400 g/mol. The van der Waals surface area contributed by atoms with Gasteiger partial charge >= 0.3 is 0 Å². The third-order valence-electron chi connectivity index (χ3n) is 3.24. The number of hydrazone groups is 1. The minimum absolute atomic E-state index is 0.140. The summed E-state index contributed by atoms with van der Waals surface area (Å²) >= 11 is 8.58. The van der Waals surface area contributed by atoms with Gasteiger partial charge < -0.3 is 10.4 Å². The molecule has 0 amide bonds. The van der Waals surface area contributed by atoms with Gasteiger partial charge in [-0.25, -0.2) is 0 Å². The van der Waals surface area contributed by atoms with E-state index in [4.69, 9.17) is 12.2 Å². The van der Waals surface area contributed by atoms with Crippen molar-refractivity contribution >= 4 is 56.1 Å². The standard InChI is InChI=1S/C17H13BrN4OS/c18-13-6-7-15(23)12(9-13)10-20-22-17(24)21-14-5-1-3-11-4-2-8-19-16(11)14/h1-10,23H,(H2,21,22,24). The highest BCUT2D eigenvalue weighted by atomic mass is 79.9. The van der Waals surface area contributed by atoms with Gasteiger partial charge in [-0.2, -0.15) is 5.10 Å². The number of pyridine rings is 1. The van der Waals surface area contributed by atoms with Gasteiger partial charge in [0.2, 0.25) is 0 Å². The predicted molar refractivity (Wildman–Crippen MR) is 105 cm³/mol. The van der Waals surface area contributed by atoms with Crippen LogP contribution in [0.15, 0.2) is 64.3 Å². The average Bonchev–Trinajstić information content (AvgIpc) is 2.58. The lowest BCUT2D eigenvalue weighted by Crippen LogP contribution is -2.24. The molecule has 0 bridgehead atoms. The van der Waals surface area contributed by atoms with Gasteiger partial charge in [0.1, 0.15) is 5.75 Å². The highest BCUT2D eigenvalue weighted by Gasteiger charge is 2.03. The number of aromatic nitrogens is 1. The summed E-state index contributed by atoms with van der Waals surface area (Å²) in [5.41, 5.74) is 4.93. The van der Waals surface area contributed by atoms with E-state index in [1.807, 2.05) is 30.3 Å². The number of aromatic hydroxyl groups is 1. The highest BCUT2D eigenvalue weighted by Crippen LogP contribution is 2.21. The van der Waals surface area contributed by atoms with Gasteiger partial charge in [-0.05, 0) is 42.5 Å². The Morgan fingerprint density at radius 2 is 2.04 bits per heavy atom. The molecule has 0 saturated heterocycles. The van der Waals surface area contributed by atoms with Crippen LogP contribution in [-0.4, -0.2) is 21.4 Å². The third kappa shape index (κ3) is 3.87. The molecule has 1 aromatic heterocycles. The Morgan fingerprint density at radius 3 is 2.92 bits per heavy atom. The zero-order valence-electron chi connectivity index (χ0n) is 12.4. The largest absolute Gasteiger partial charge is 0.507 e. The minimum atomic E-state index is 0.140. The van der Waals surface area contributed by atoms with Crippen LogP contribution in [0, 0.1) is 0 Å². The number of para-hydroxylation sites is 1. The van der Waals surface area contributed by atoms with E-state index in [9.17, 15) is 5.11 Å². The number of benzene rings is 2. The zero-order chi connectivity index (χ0) is 16.9. The summed E-state index contributed by atoms with van der Waals surface area (Å²) in [6.07, 6.45) is 3.23. The molecule has 0 spiro atoms. The third-order valence-corrected chi connectivity index (χ3v) is 3.93. The van der Waals surface area contributed by atoms with E-state index in [-0.39, 0.29) is 5.75 Å². The molecule has 0 saturated carbocycles. The maximum absolute atomic E-state index is 9.76. The molecule has 7 heteroatoms. The second-order valence-corrected chi connectivity index (χ2v) is 6.23. The van der Waals surface area contributed by atoms with Crippen molar-refractivity contribution in [3.63, 3.8) is 0 Å². The molecule has 0 fully saturated rings. The first-order valence-electron chi connectivity index (χ1n) is 7.06. The van der Waals surface area contributed by atoms with E-state index in [1.165, 1.54) is 6.21 Å². The fourth-order valence-corrected chi connectivity index (χ4v) is 2.69. The van der Waals surface area contributed by atoms with Crippen molar-refractivity contribution in [1.82, 2.24) is 10.4 Å². The first-order chi connectivity index (χ1) is 11.6. The van der Waals surface area contributed by atoms with Crippen LogP contribution in [0.1, 0.15) is 5.56 Å². The predicted octanol–water partition coefficient (Wildman–Crippen LogP) is 4.02. The van der Waals surface area contributed by atoms with E-state index in [1.54, 1.807) is 24.4 Å². The number of rotatable bonds is 3. The van der Waals surface area contributed by atoms with Crippen molar-refractivity contribution in [3.05, 3.63) is 64.8 Å². The van der Waals surface area contributed by atoms with Crippen molar-refractivity contribution in [2.75, 3.05) is 5.32 Å². The highest BCUT2D eigenvalue weighted by molar-refractivity contribution is 9.10. The van der Waals surface area contributed by atoms with Crippen LogP contribution in [0.5, 0.6) is 5.75 Å². The molecule has 5 nitrogen and oxygen atoms in total. The van der Waals surface area contributed by atoms with E-state index in [0.29, 0.717) is 10.7 Å². The molecule has 0 unspecified atom stereocenters. The maximum Gasteiger partial charge on any atom is 0.191 e. The summed E-state index contributed by atoms with van der Waals surface area (Å²) in [6.45, 7) is 0. The molecule has 0 atom stereocenters. The molecule has 0 aliphatic carbocycles. The van der Waals surface area contributed by atoms with Gasteiger partial charge in [-0.15, -0.1) is 0 Å². The molecule has 0 radical (unpaired) electrons. The fraction of sp³-hybridized carbons (Fsp3) is 0. The molecule has 2 aromatic carbocycles. The van der Waals surface area contributed by atoms with Crippen molar-refractivity contribution in [3.8, 4) is 5.75 Å². The van der Waals surface area contributed by atoms with Crippen LogP contribution in [0.4, 0.5) is 5.69 Å². The summed E-state index contributed by atoms with van der Waals surface area (Å²) in [5.74, 6) is 0.140. The molecule has 3 aromatic rings. The van der Waals surface area contributed by atoms with E-state index in [0.717, 1.165) is 21.1 Å². The summed E-state index contributed by atoms with van der Waals surface area (Å²) in [6, 6.07) is 14.8. The van der Waals surface area contributed by atoms with Gasteiger partial charge in [0, 0.05) is 21.6 Å². The Bertz CT molecular complexity index is 924. The van der Waals surface area contributed by atoms with Crippen LogP contribution < -0.4 is 10.7 Å². The molecular formula is C17H13BrN4OS. The number of anilines is 1. The number of fused-ring (bicyclic) bond motifs is 1. The van der Waals surface area contributed by atoms with E-state index >= 15 is 0 Å². The quantitative estimate of drug-likeness (QED) is 0.351. The normalized spacial score (nSPS) is 10.9. The Labute approximate surface area is 152 Å². The summed E-state index contributed by atoms with van der Waals surface area (Å²) < 4.78 is 0.851. The van der Waals surface area contributed by atoms with Crippen LogP contribution in [0.25, 0.3) is 10.9 Å². The number of nitrogens with zero attached hydrogens (tertiary/aromatic N) is 2. The van der Waals surface area contributed by atoms with Gasteiger partial charge in [0.25, 0.3) is 0 Å². The zero-order valence-corrected chi connectivity index (χ0v) is 14.8. The van der Waals surface area contributed by atoms with Crippen molar-refractivity contribution < 1.29 is 5.11 Å². The fourth-order valence-electron chi connectivity index (χ4n) is 2.14. The summed E-state index contributed by atoms with van der Waals surface area (Å²) in [4.78, 5) is 4.36. The first kappa shape index (κ1) is 16.4. The van der Waals surface area contributed by atoms with E-state index < -0.39 is 0 Å². The van der Waals surface area contributed by atoms with Crippen molar-refractivity contribution in [2.24, 2.45) is 5.10 Å². The maximum atomic E-state index is 9.76. The van der Waals surface area contributed by atoms with Crippen LogP contribution >= 0.6 is 28.1 Å². The first-order valence-corrected chi connectivity index (χ1v) is 8.26. The molecule has 0 aliphatic heterocycles. The Balaban J connectivity index is 1.69. The molecule has 3 rings (SSSR count). The van der Waals surface area contributed by atoms with Crippen LogP contribution in [-0.2, 0) is 0 Å². The molecule has 3 N–H and O–H groups in total. The molecule has 24 heavy (non-hydrogen) atoms. The smallest absolute Gasteiger partial charge is 0.191 e. The topological polar surface area (TPSA) is 69.5 Å². The van der Waals surface area contributed by atoms with Crippen molar-refractivity contribution in [1.29, 1.82) is 0 Å². The lowest BCUT2D eigenvalue weighted by molar-refractivity contribution is 0.474. The number of phenolic OH excluding ortho intramolecular Hbond substituents is 1. The van der Waals surface area contributed by atoms with Gasteiger partial charge in [-0.3, -0.25) is 10.4 Å². The molecule has 1 heterocycles. The number of halogens is 1. The van der Waals surface area contributed by atoms with Crippen LogP contribution in [0.2, 0.25) is 0 Å². The Morgan fingerprint density at radius 1 is 1.21 bits per heavy atom. The van der Waals surface area contributed by atoms with Gasteiger partial charge in [0.15, 0.2) is 5.11 Å². The number of hydrogen-bond donors (Lipinski definition) is 3. The van der Waals surface area contributed by atoms with Crippen molar-refractivity contribution in [2.45, 2.75) is 0 Å². The number of phenols is 1. The number of hydrogen-bond acceptors (Lipinski definition) is 4. The SMILES string of the molecule is Oc1ccc(Br)cc1C=NNC(=S)Nc1cccc2cccnc12. The number of nitrogens with one attached hydrogen (secondary N) is 2. The average molecular weight is 401 g/mol. The lowest BCUT2D eigenvalue weighted by atomic mass is 10.2. The lowest BCUT2D eigenvalue weighted by Gasteiger charge is -2.09. The van der Waals surface area contributed by atoms with E-state index in [2.05, 4.69) is 36.8 Å². The molecule has 0 aliphatic rings. The summed E-state index contributed by atoms with van der Waals surface area (Å²) in [5, 5.41) is 18.2. The van der Waals surface area contributed by atoms with Gasteiger partial charge in [-0.1, -0.05) is 34.1 Å². The minimum Gasteiger partial charge on any atom is -0.507 e. The van der Waals surface area contributed by atoms with Crippen LogP contribution in [0.3, 0.4) is 0 Å². The Kier molecular flexibility index (Phi) is 5.02.